The smallest absolute Gasteiger partial charge is 0.316 e. The lowest BCUT2D eigenvalue weighted by atomic mass is 9.87. The molecule has 0 aliphatic carbocycles. The third kappa shape index (κ3) is 3.18. The Hall–Kier alpha value is -2.17. The van der Waals surface area contributed by atoms with Crippen LogP contribution in [0.2, 0.25) is 0 Å². The van der Waals surface area contributed by atoms with Crippen molar-refractivity contribution in [3.8, 4) is 0 Å². The molecule has 2 rings (SSSR count). The zero-order chi connectivity index (χ0) is 16.1. The van der Waals surface area contributed by atoms with Crippen LogP contribution in [0.4, 0.5) is 0 Å². The highest BCUT2D eigenvalue weighted by Crippen LogP contribution is 2.24. The molecule has 1 amide bonds. The Morgan fingerprint density at radius 1 is 1.23 bits per heavy atom. The van der Waals surface area contributed by atoms with E-state index in [1.54, 1.807) is 36.1 Å². The number of ether oxygens (including phenoxy) is 1. The van der Waals surface area contributed by atoms with E-state index in [0.29, 0.717) is 24.9 Å². The van der Waals surface area contributed by atoms with Gasteiger partial charge in [0, 0.05) is 12.1 Å². The van der Waals surface area contributed by atoms with Gasteiger partial charge in [0.05, 0.1) is 12.6 Å². The van der Waals surface area contributed by atoms with Crippen LogP contribution in [0.3, 0.4) is 0 Å². The van der Waals surface area contributed by atoms with E-state index < -0.39 is 17.9 Å². The number of hydrogen-bond donors (Lipinski definition) is 0. The topological polar surface area (TPSA) is 63.7 Å². The van der Waals surface area contributed by atoms with Crippen LogP contribution >= 0.6 is 0 Å². The van der Waals surface area contributed by atoms with Gasteiger partial charge in [-0.15, -0.1) is 0 Å². The molecule has 118 valence electrons. The fourth-order valence-electron chi connectivity index (χ4n) is 2.84. The fraction of sp³-hybridized carbons (Fsp3) is 0.471. The lowest BCUT2D eigenvalue weighted by Gasteiger charge is -2.37. The molecule has 1 aliphatic rings. The molecule has 5 heteroatoms. The maximum Gasteiger partial charge on any atom is 0.316 e. The summed E-state index contributed by atoms with van der Waals surface area (Å²) in [4.78, 5) is 38.5. The number of amides is 1. The Morgan fingerprint density at radius 3 is 2.50 bits per heavy atom. The predicted molar refractivity (Wildman–Crippen MR) is 81.3 cm³/mol. The summed E-state index contributed by atoms with van der Waals surface area (Å²) < 4.78 is 4.96. The van der Waals surface area contributed by atoms with Crippen LogP contribution in [0.1, 0.15) is 37.0 Å². The number of Topliss-reactive ketones (excluding diaryl/α,β-unsaturated/α-hetero) is 1. The van der Waals surface area contributed by atoms with Gasteiger partial charge in [-0.25, -0.2) is 0 Å². The first-order valence-corrected chi connectivity index (χ1v) is 7.66. The summed E-state index contributed by atoms with van der Waals surface area (Å²) in [7, 11) is 0. The van der Waals surface area contributed by atoms with Crippen molar-refractivity contribution in [1.29, 1.82) is 0 Å². The monoisotopic (exact) mass is 303 g/mol. The molecule has 2 atom stereocenters. The normalized spacial score (nSPS) is 21.5. The van der Waals surface area contributed by atoms with Gasteiger partial charge >= 0.3 is 5.97 Å². The second-order valence-corrected chi connectivity index (χ2v) is 5.28. The number of piperidine rings is 1. The van der Waals surface area contributed by atoms with E-state index >= 15 is 0 Å². The third-order valence-electron chi connectivity index (χ3n) is 3.95. The first kappa shape index (κ1) is 16.2. The quantitative estimate of drug-likeness (QED) is 0.631. The van der Waals surface area contributed by atoms with E-state index in [1.165, 1.54) is 0 Å². The zero-order valence-electron chi connectivity index (χ0n) is 13.0. The number of benzene rings is 1. The minimum absolute atomic E-state index is 0.164. The average Bonchev–Trinajstić information content (AvgIpc) is 2.54. The molecule has 0 bridgehead atoms. The number of carbonyl (C=O) groups excluding carboxylic acids is 3. The first-order chi connectivity index (χ1) is 10.6. The highest BCUT2D eigenvalue weighted by molar-refractivity contribution is 6.05. The van der Waals surface area contributed by atoms with Gasteiger partial charge in [0.2, 0.25) is 0 Å². The fourth-order valence-corrected chi connectivity index (χ4v) is 2.84. The largest absolute Gasteiger partial charge is 0.465 e. The molecule has 1 aromatic rings. The lowest BCUT2D eigenvalue weighted by molar-refractivity contribution is -0.155. The Bertz CT molecular complexity index is 555. The summed E-state index contributed by atoms with van der Waals surface area (Å²) in [6.45, 7) is 4.21. The van der Waals surface area contributed by atoms with Gasteiger partial charge < -0.3 is 9.64 Å². The average molecular weight is 303 g/mol. The highest BCUT2D eigenvalue weighted by atomic mass is 16.5. The molecular weight excluding hydrogens is 282 g/mol. The van der Waals surface area contributed by atoms with Crippen molar-refractivity contribution in [2.45, 2.75) is 32.7 Å². The molecule has 1 aliphatic heterocycles. The van der Waals surface area contributed by atoms with Crippen molar-refractivity contribution >= 4 is 17.7 Å². The third-order valence-corrected chi connectivity index (χ3v) is 3.95. The summed E-state index contributed by atoms with van der Waals surface area (Å²) in [6, 6.07) is 8.33. The molecule has 22 heavy (non-hydrogen) atoms. The Labute approximate surface area is 130 Å². The molecule has 0 N–H and O–H groups in total. The van der Waals surface area contributed by atoms with Gasteiger partial charge in [0.15, 0.2) is 5.78 Å². The summed E-state index contributed by atoms with van der Waals surface area (Å²) in [5.74, 6) is -1.60. The maximum absolute atomic E-state index is 12.6. The van der Waals surface area contributed by atoms with Crippen LogP contribution in [0.5, 0.6) is 0 Å². The summed E-state index contributed by atoms with van der Waals surface area (Å²) in [6.07, 6.45) is 0.819. The Morgan fingerprint density at radius 2 is 1.91 bits per heavy atom. The molecular formula is C17H21NO4. The van der Waals surface area contributed by atoms with Gasteiger partial charge in [0.25, 0.3) is 5.91 Å². The van der Waals surface area contributed by atoms with Gasteiger partial charge in [-0.2, -0.15) is 0 Å². The Kier molecular flexibility index (Phi) is 5.31. The van der Waals surface area contributed by atoms with E-state index in [-0.39, 0.29) is 18.3 Å². The van der Waals surface area contributed by atoms with E-state index in [2.05, 4.69) is 0 Å². The van der Waals surface area contributed by atoms with Crippen LogP contribution in [0.15, 0.2) is 30.3 Å². The molecule has 1 fully saturated rings. The minimum Gasteiger partial charge on any atom is -0.465 e. The van der Waals surface area contributed by atoms with Gasteiger partial charge in [-0.3, -0.25) is 14.4 Å². The van der Waals surface area contributed by atoms with Crippen LogP contribution in [-0.4, -0.2) is 41.8 Å². The summed E-state index contributed by atoms with van der Waals surface area (Å²) >= 11 is 0. The maximum atomic E-state index is 12.6. The van der Waals surface area contributed by atoms with Crippen LogP contribution < -0.4 is 0 Å². The van der Waals surface area contributed by atoms with E-state index in [9.17, 15) is 14.4 Å². The number of likely N-dealkylation sites (tertiary alicyclic amines) is 1. The van der Waals surface area contributed by atoms with Gasteiger partial charge in [0.1, 0.15) is 5.92 Å². The van der Waals surface area contributed by atoms with Crippen molar-refractivity contribution in [2.24, 2.45) is 5.92 Å². The number of carbonyl (C=O) groups is 3. The standard InChI is InChI=1S/C17H21NO4/c1-3-14-15(19)13(17(21)22-4-2)10-11-18(14)16(20)12-8-6-5-7-9-12/h5-9,13-14H,3-4,10-11H2,1-2H3/t13-,14-/m1/s1. The molecule has 0 spiro atoms. The first-order valence-electron chi connectivity index (χ1n) is 7.66. The SMILES string of the molecule is CCOC(=O)[C@@H]1CCN(C(=O)c2ccccc2)[C@H](CC)C1=O. The number of rotatable bonds is 4. The van der Waals surface area contributed by atoms with Crippen molar-refractivity contribution in [3.05, 3.63) is 35.9 Å². The van der Waals surface area contributed by atoms with Crippen molar-refractivity contribution in [3.63, 3.8) is 0 Å². The molecule has 1 heterocycles. The van der Waals surface area contributed by atoms with Crippen molar-refractivity contribution in [2.75, 3.05) is 13.2 Å². The molecule has 0 saturated carbocycles. The Balaban J connectivity index is 2.17. The van der Waals surface area contributed by atoms with Gasteiger partial charge in [-0.05, 0) is 31.9 Å². The molecule has 5 nitrogen and oxygen atoms in total. The van der Waals surface area contributed by atoms with Crippen LogP contribution in [0.25, 0.3) is 0 Å². The molecule has 0 unspecified atom stereocenters. The molecule has 0 radical (unpaired) electrons. The predicted octanol–water partition coefficient (Wildman–Crippen LogP) is 2.06. The molecule has 1 aromatic carbocycles. The number of hydrogen-bond acceptors (Lipinski definition) is 4. The van der Waals surface area contributed by atoms with Crippen LogP contribution in [-0.2, 0) is 14.3 Å². The van der Waals surface area contributed by atoms with Crippen LogP contribution in [0, 0.1) is 5.92 Å². The number of nitrogens with zero attached hydrogens (tertiary/aromatic N) is 1. The number of ketones is 1. The molecule has 0 aromatic heterocycles. The summed E-state index contributed by atoms with van der Waals surface area (Å²) in [5.41, 5.74) is 0.559. The van der Waals surface area contributed by atoms with E-state index in [4.69, 9.17) is 4.74 Å². The van der Waals surface area contributed by atoms with Crippen molar-refractivity contribution in [1.82, 2.24) is 4.90 Å². The van der Waals surface area contributed by atoms with Crippen molar-refractivity contribution < 1.29 is 19.1 Å². The zero-order valence-corrected chi connectivity index (χ0v) is 13.0. The summed E-state index contributed by atoms with van der Waals surface area (Å²) in [5, 5.41) is 0. The second kappa shape index (κ2) is 7.20. The molecule has 1 saturated heterocycles. The minimum atomic E-state index is -0.746. The van der Waals surface area contributed by atoms with Gasteiger partial charge in [-0.1, -0.05) is 25.1 Å². The number of esters is 1. The van der Waals surface area contributed by atoms with E-state index in [0.717, 1.165) is 0 Å². The highest BCUT2D eigenvalue weighted by Gasteiger charge is 2.41. The second-order valence-electron chi connectivity index (χ2n) is 5.28. The lowest BCUT2D eigenvalue weighted by Crippen LogP contribution is -2.53. The van der Waals surface area contributed by atoms with E-state index in [1.807, 2.05) is 13.0 Å².